The molecule has 1 heteroatoms. The van der Waals surface area contributed by atoms with Crippen LogP contribution < -0.4 is 4.57 Å². The molecular formula is C16H14N+. The van der Waals surface area contributed by atoms with Crippen molar-refractivity contribution in [1.82, 2.24) is 0 Å². The monoisotopic (exact) mass is 220 g/mol. The number of pyridine rings is 1. The average molecular weight is 220 g/mol. The lowest BCUT2D eigenvalue weighted by Gasteiger charge is -2.19. The molecule has 0 fully saturated rings. The molecule has 2 aliphatic carbocycles. The standard InChI is InChI=1S/C16H14N/c1-2-12-13(3-1)15-9-7-11-5-4-10-6-8-14(12)17(15)16(10)11/h1-2,4,7,9,14H,3,5-6,8H2/q+1. The Kier molecular flexibility index (Phi) is 1.30. The molecule has 4 aliphatic rings. The summed E-state index contributed by atoms with van der Waals surface area (Å²) in [5.74, 6) is 0. The van der Waals surface area contributed by atoms with Gasteiger partial charge in [0.25, 0.3) is 0 Å². The van der Waals surface area contributed by atoms with E-state index in [-0.39, 0.29) is 0 Å². The summed E-state index contributed by atoms with van der Waals surface area (Å²) < 4.78 is 2.63. The SMILES string of the molecule is C1=CC2=C(C1)c1ccc3c4[n+]1C2CCC4=CC3. The first kappa shape index (κ1) is 8.46. The third-order valence-electron chi connectivity index (χ3n) is 4.75. The molecule has 1 unspecified atom stereocenters. The molecule has 0 saturated carbocycles. The van der Waals surface area contributed by atoms with Crippen LogP contribution in [0.2, 0.25) is 0 Å². The van der Waals surface area contributed by atoms with E-state index in [2.05, 4.69) is 34.9 Å². The summed E-state index contributed by atoms with van der Waals surface area (Å²) in [6.07, 6.45) is 12.0. The molecule has 82 valence electrons. The summed E-state index contributed by atoms with van der Waals surface area (Å²) in [5, 5.41) is 0. The summed E-state index contributed by atoms with van der Waals surface area (Å²) >= 11 is 0. The predicted molar refractivity (Wildman–Crippen MR) is 67.3 cm³/mol. The molecule has 1 aromatic heterocycles. The second kappa shape index (κ2) is 2.61. The van der Waals surface area contributed by atoms with Gasteiger partial charge in [0.15, 0.2) is 6.04 Å². The molecule has 1 atom stereocenters. The Labute approximate surface area is 101 Å². The molecule has 1 aromatic rings. The molecule has 0 saturated heterocycles. The van der Waals surface area contributed by atoms with Crippen molar-refractivity contribution < 1.29 is 4.57 Å². The van der Waals surface area contributed by atoms with E-state index in [1.165, 1.54) is 18.5 Å². The zero-order valence-corrected chi connectivity index (χ0v) is 9.74. The highest BCUT2D eigenvalue weighted by Crippen LogP contribution is 2.46. The van der Waals surface area contributed by atoms with Crippen LogP contribution in [0.25, 0.3) is 11.1 Å². The summed E-state index contributed by atoms with van der Waals surface area (Å²) in [7, 11) is 0. The minimum Gasteiger partial charge on any atom is -0.184 e. The topological polar surface area (TPSA) is 3.88 Å². The van der Waals surface area contributed by atoms with Crippen molar-refractivity contribution in [3.8, 4) is 0 Å². The van der Waals surface area contributed by atoms with Gasteiger partial charge in [-0.25, -0.2) is 0 Å². The normalized spacial score (nSPS) is 26.4. The van der Waals surface area contributed by atoms with Gasteiger partial charge < -0.3 is 0 Å². The van der Waals surface area contributed by atoms with Crippen LogP contribution in [-0.4, -0.2) is 0 Å². The Morgan fingerprint density at radius 1 is 1.18 bits per heavy atom. The highest BCUT2D eigenvalue weighted by Gasteiger charge is 2.45. The van der Waals surface area contributed by atoms with Gasteiger partial charge in [-0.1, -0.05) is 18.2 Å². The van der Waals surface area contributed by atoms with Crippen LogP contribution in [0.15, 0.2) is 35.9 Å². The van der Waals surface area contributed by atoms with E-state index in [0.717, 1.165) is 12.8 Å². The van der Waals surface area contributed by atoms with Crippen molar-refractivity contribution in [2.75, 3.05) is 0 Å². The van der Waals surface area contributed by atoms with E-state index in [0.29, 0.717) is 6.04 Å². The predicted octanol–water partition coefficient (Wildman–Crippen LogP) is 2.98. The fourth-order valence-corrected chi connectivity index (χ4v) is 4.06. The molecular weight excluding hydrogens is 206 g/mol. The van der Waals surface area contributed by atoms with Gasteiger partial charge in [0.2, 0.25) is 11.4 Å². The Balaban J connectivity index is 1.90. The van der Waals surface area contributed by atoms with Gasteiger partial charge >= 0.3 is 0 Å². The summed E-state index contributed by atoms with van der Waals surface area (Å²) in [6, 6.07) is 5.34. The molecule has 17 heavy (non-hydrogen) atoms. The van der Waals surface area contributed by atoms with Crippen LogP contribution in [0.1, 0.15) is 42.3 Å². The molecule has 3 heterocycles. The van der Waals surface area contributed by atoms with Gasteiger partial charge in [0.1, 0.15) is 0 Å². The molecule has 0 radical (unpaired) electrons. The Hall–Kier alpha value is -1.63. The van der Waals surface area contributed by atoms with Crippen molar-refractivity contribution in [2.45, 2.75) is 31.7 Å². The Morgan fingerprint density at radius 2 is 2.18 bits per heavy atom. The summed E-state index contributed by atoms with van der Waals surface area (Å²) in [4.78, 5) is 0. The van der Waals surface area contributed by atoms with Gasteiger partial charge in [0.05, 0.1) is 0 Å². The molecule has 0 bridgehead atoms. The number of rotatable bonds is 0. The van der Waals surface area contributed by atoms with Crippen LogP contribution in [0, 0.1) is 0 Å². The lowest BCUT2D eigenvalue weighted by molar-refractivity contribution is -0.716. The highest BCUT2D eigenvalue weighted by atomic mass is 15.1. The minimum atomic E-state index is 0.643. The van der Waals surface area contributed by atoms with Crippen molar-refractivity contribution in [2.24, 2.45) is 0 Å². The van der Waals surface area contributed by atoms with Crippen molar-refractivity contribution in [3.63, 3.8) is 0 Å². The first-order valence-electron chi connectivity index (χ1n) is 6.60. The van der Waals surface area contributed by atoms with E-state index < -0.39 is 0 Å². The van der Waals surface area contributed by atoms with Gasteiger partial charge in [-0.2, -0.15) is 4.57 Å². The van der Waals surface area contributed by atoms with E-state index in [1.807, 2.05) is 0 Å². The van der Waals surface area contributed by atoms with Gasteiger partial charge in [-0.3, -0.25) is 0 Å². The Morgan fingerprint density at radius 3 is 3.18 bits per heavy atom. The number of hydrogen-bond acceptors (Lipinski definition) is 0. The molecule has 0 spiro atoms. The average Bonchev–Trinajstić information content (AvgIpc) is 3.00. The minimum absolute atomic E-state index is 0.643. The van der Waals surface area contributed by atoms with Crippen molar-refractivity contribution in [3.05, 3.63) is 52.9 Å². The number of nitrogens with zero attached hydrogens (tertiary/aromatic N) is 1. The lowest BCUT2D eigenvalue weighted by atomic mass is 9.94. The maximum atomic E-state index is 2.63. The number of aromatic nitrogens is 1. The van der Waals surface area contributed by atoms with Crippen LogP contribution in [-0.2, 0) is 6.42 Å². The smallest absolute Gasteiger partial charge is 0.184 e. The summed E-state index contributed by atoms with van der Waals surface area (Å²) in [6.45, 7) is 0. The maximum absolute atomic E-state index is 2.63. The largest absolute Gasteiger partial charge is 0.212 e. The molecule has 0 amide bonds. The fourth-order valence-electron chi connectivity index (χ4n) is 4.06. The van der Waals surface area contributed by atoms with E-state index in [1.54, 1.807) is 28.0 Å². The van der Waals surface area contributed by atoms with Crippen LogP contribution in [0.3, 0.4) is 0 Å². The second-order valence-corrected chi connectivity index (χ2v) is 5.49. The maximum Gasteiger partial charge on any atom is 0.212 e. The lowest BCUT2D eigenvalue weighted by Crippen LogP contribution is -2.46. The number of allylic oxidation sites excluding steroid dienone is 6. The van der Waals surface area contributed by atoms with E-state index >= 15 is 0 Å². The van der Waals surface area contributed by atoms with Crippen molar-refractivity contribution in [1.29, 1.82) is 0 Å². The Bertz CT molecular complexity index is 658. The zero-order chi connectivity index (χ0) is 11.0. The summed E-state index contributed by atoms with van der Waals surface area (Å²) in [5.41, 5.74) is 9.37. The van der Waals surface area contributed by atoms with Crippen LogP contribution in [0.5, 0.6) is 0 Å². The van der Waals surface area contributed by atoms with Crippen LogP contribution in [0.4, 0.5) is 0 Å². The van der Waals surface area contributed by atoms with Gasteiger partial charge in [-0.05, 0) is 25.3 Å². The number of hydrogen-bond donors (Lipinski definition) is 0. The third-order valence-corrected chi connectivity index (χ3v) is 4.75. The van der Waals surface area contributed by atoms with Gasteiger partial charge in [0, 0.05) is 34.8 Å². The van der Waals surface area contributed by atoms with E-state index in [9.17, 15) is 0 Å². The van der Waals surface area contributed by atoms with Crippen molar-refractivity contribution >= 4 is 11.1 Å². The van der Waals surface area contributed by atoms with E-state index in [4.69, 9.17) is 0 Å². The number of fused-ring (bicyclic) bond motifs is 2. The quantitative estimate of drug-likeness (QED) is 0.592. The van der Waals surface area contributed by atoms with Crippen LogP contribution >= 0.6 is 0 Å². The third kappa shape index (κ3) is 0.833. The first-order chi connectivity index (χ1) is 8.43. The second-order valence-electron chi connectivity index (χ2n) is 5.49. The molecule has 0 N–H and O–H groups in total. The molecule has 0 aromatic carbocycles. The first-order valence-corrected chi connectivity index (χ1v) is 6.60. The van der Waals surface area contributed by atoms with Gasteiger partial charge in [-0.15, -0.1) is 0 Å². The molecule has 1 nitrogen and oxygen atoms in total. The zero-order valence-electron chi connectivity index (χ0n) is 9.74. The molecule has 2 aliphatic heterocycles. The highest BCUT2D eigenvalue weighted by molar-refractivity contribution is 5.77. The molecule has 5 rings (SSSR count). The fraction of sp³-hybridized carbons (Fsp3) is 0.312.